The molecule has 0 aliphatic carbocycles. The normalized spacial score (nSPS) is 12.8. The summed E-state index contributed by atoms with van der Waals surface area (Å²) in [6, 6.07) is 10.4. The molecule has 0 atom stereocenters. The van der Waals surface area contributed by atoms with Crippen molar-refractivity contribution in [2.75, 3.05) is 19.7 Å². The van der Waals surface area contributed by atoms with Crippen molar-refractivity contribution in [3.63, 3.8) is 0 Å². The average molecular weight is 524 g/mol. The molecule has 0 saturated heterocycles. The fourth-order valence-electron chi connectivity index (χ4n) is 3.12. The Balaban J connectivity index is 0.00000240. The average Bonchev–Trinajstić information content (AvgIpc) is 3.46. The van der Waals surface area contributed by atoms with Crippen molar-refractivity contribution in [1.29, 1.82) is 0 Å². The zero-order valence-corrected chi connectivity index (χ0v) is 19.5. The maximum Gasteiger partial charge on any atom is 0.236 e. The monoisotopic (exact) mass is 524 g/mol. The van der Waals surface area contributed by atoms with Gasteiger partial charge in [-0.05, 0) is 42.0 Å². The van der Waals surface area contributed by atoms with Crippen molar-refractivity contribution in [2.45, 2.75) is 26.3 Å². The molecule has 0 fully saturated rings. The van der Waals surface area contributed by atoms with E-state index in [-0.39, 0.29) is 24.0 Å². The second-order valence-electron chi connectivity index (χ2n) is 6.53. The lowest BCUT2D eigenvalue weighted by atomic mass is 10.1. The Morgan fingerprint density at radius 3 is 3.03 bits per heavy atom. The summed E-state index contributed by atoms with van der Waals surface area (Å²) in [5, 5.41) is 8.68. The molecule has 3 aromatic rings. The summed E-state index contributed by atoms with van der Waals surface area (Å²) in [5.74, 6) is 2.47. The summed E-state index contributed by atoms with van der Waals surface area (Å²) in [6.07, 6.45) is 3.62. The molecule has 0 bridgehead atoms. The molecule has 154 valence electrons. The van der Waals surface area contributed by atoms with E-state index in [9.17, 15) is 0 Å². The zero-order valence-electron chi connectivity index (χ0n) is 16.3. The lowest BCUT2D eigenvalue weighted by Crippen LogP contribution is -2.38. The molecule has 8 heteroatoms. The highest BCUT2D eigenvalue weighted by Gasteiger charge is 2.12. The molecule has 1 aliphatic heterocycles. The molecule has 0 amide bonds. The van der Waals surface area contributed by atoms with Gasteiger partial charge in [-0.1, -0.05) is 18.2 Å². The Morgan fingerprint density at radius 2 is 2.21 bits per heavy atom. The molecule has 29 heavy (non-hydrogen) atoms. The maximum atomic E-state index is 5.57. The van der Waals surface area contributed by atoms with Gasteiger partial charge in [-0.25, -0.2) is 9.98 Å². The molecule has 6 nitrogen and oxygen atoms in total. The first-order valence-electron chi connectivity index (χ1n) is 9.57. The van der Waals surface area contributed by atoms with E-state index in [1.807, 2.05) is 17.5 Å². The van der Waals surface area contributed by atoms with Gasteiger partial charge in [0.1, 0.15) is 17.7 Å². The van der Waals surface area contributed by atoms with Crippen molar-refractivity contribution in [3.05, 3.63) is 58.8 Å². The standard InChI is InChI=1S/C21H24N4O2S.HI/c1-2-22-21(23-9-7-15-5-6-18-16(12-15)8-10-26-18)24-13-17-14-27-20(25-17)19-4-3-11-28-19;/h3-6,11-12,14H,2,7-10,13H2,1H3,(H2,22,23,24);1H. The van der Waals surface area contributed by atoms with Gasteiger partial charge >= 0.3 is 0 Å². The predicted molar refractivity (Wildman–Crippen MR) is 127 cm³/mol. The molecule has 2 N–H and O–H groups in total. The molecule has 1 aromatic carbocycles. The Bertz CT molecular complexity index is 940. The summed E-state index contributed by atoms with van der Waals surface area (Å²) in [6.45, 7) is 4.94. The van der Waals surface area contributed by atoms with Gasteiger partial charge in [-0.2, -0.15) is 0 Å². The Kier molecular flexibility index (Phi) is 7.93. The van der Waals surface area contributed by atoms with Crippen LogP contribution in [0.3, 0.4) is 0 Å². The van der Waals surface area contributed by atoms with Crippen LogP contribution in [0.1, 0.15) is 23.7 Å². The van der Waals surface area contributed by atoms with Gasteiger partial charge in [0.15, 0.2) is 5.96 Å². The van der Waals surface area contributed by atoms with Gasteiger partial charge in [0.05, 0.1) is 18.0 Å². The maximum absolute atomic E-state index is 5.57. The van der Waals surface area contributed by atoms with E-state index in [1.165, 1.54) is 11.1 Å². The minimum Gasteiger partial charge on any atom is -0.493 e. The van der Waals surface area contributed by atoms with Gasteiger partial charge in [0, 0.05) is 19.5 Å². The van der Waals surface area contributed by atoms with Crippen LogP contribution in [0.5, 0.6) is 5.75 Å². The van der Waals surface area contributed by atoms with Crippen LogP contribution in [0.4, 0.5) is 0 Å². The molecular formula is C21H25IN4O2S. The van der Waals surface area contributed by atoms with Crippen LogP contribution in [0.2, 0.25) is 0 Å². The number of aliphatic imine (C=N–C) groups is 1. The van der Waals surface area contributed by atoms with Crippen LogP contribution in [0, 0.1) is 0 Å². The Labute approximate surface area is 191 Å². The summed E-state index contributed by atoms with van der Waals surface area (Å²) in [7, 11) is 0. The van der Waals surface area contributed by atoms with Crippen LogP contribution in [0.25, 0.3) is 10.8 Å². The predicted octanol–water partition coefficient (Wildman–Crippen LogP) is 4.25. The number of oxazole rings is 1. The van der Waals surface area contributed by atoms with Crippen LogP contribution in [0.15, 0.2) is 51.4 Å². The van der Waals surface area contributed by atoms with Crippen LogP contribution >= 0.6 is 35.3 Å². The first kappa shape index (κ1) is 21.6. The number of hydrogen-bond donors (Lipinski definition) is 2. The topological polar surface area (TPSA) is 71.7 Å². The highest BCUT2D eigenvalue weighted by atomic mass is 127. The van der Waals surface area contributed by atoms with Gasteiger partial charge in [-0.15, -0.1) is 35.3 Å². The number of rotatable bonds is 7. The molecule has 4 rings (SSSR count). The quantitative estimate of drug-likeness (QED) is 0.275. The number of fused-ring (bicyclic) bond motifs is 1. The summed E-state index contributed by atoms with van der Waals surface area (Å²) >= 11 is 1.61. The molecule has 1 aliphatic rings. The van der Waals surface area contributed by atoms with E-state index < -0.39 is 0 Å². The third kappa shape index (κ3) is 5.72. The molecule has 2 aromatic heterocycles. The lowest BCUT2D eigenvalue weighted by Gasteiger charge is -2.11. The van der Waals surface area contributed by atoms with Crippen molar-refractivity contribution in [3.8, 4) is 16.5 Å². The number of ether oxygens (including phenoxy) is 1. The lowest BCUT2D eigenvalue weighted by molar-refractivity contribution is 0.357. The van der Waals surface area contributed by atoms with Crippen molar-refractivity contribution < 1.29 is 9.15 Å². The van der Waals surface area contributed by atoms with E-state index in [0.29, 0.717) is 12.4 Å². The van der Waals surface area contributed by atoms with Crippen molar-refractivity contribution in [1.82, 2.24) is 15.6 Å². The third-order valence-corrected chi connectivity index (χ3v) is 5.34. The fourth-order valence-corrected chi connectivity index (χ4v) is 3.77. The summed E-state index contributed by atoms with van der Waals surface area (Å²) in [5.41, 5.74) is 3.44. The molecule has 0 spiro atoms. The number of halogens is 1. The summed E-state index contributed by atoms with van der Waals surface area (Å²) < 4.78 is 11.1. The second-order valence-corrected chi connectivity index (χ2v) is 7.48. The molecule has 0 radical (unpaired) electrons. The van der Waals surface area contributed by atoms with Gasteiger partial charge < -0.3 is 19.8 Å². The smallest absolute Gasteiger partial charge is 0.236 e. The number of hydrogen-bond acceptors (Lipinski definition) is 5. The first-order valence-corrected chi connectivity index (χ1v) is 10.4. The Hall–Kier alpha value is -2.07. The highest BCUT2D eigenvalue weighted by molar-refractivity contribution is 14.0. The third-order valence-electron chi connectivity index (χ3n) is 4.49. The molecule has 0 unspecified atom stereocenters. The van der Waals surface area contributed by atoms with Gasteiger partial charge in [0.25, 0.3) is 0 Å². The first-order chi connectivity index (χ1) is 13.8. The van der Waals surface area contributed by atoms with E-state index in [1.54, 1.807) is 17.6 Å². The van der Waals surface area contributed by atoms with E-state index in [4.69, 9.17) is 9.15 Å². The Morgan fingerprint density at radius 1 is 1.28 bits per heavy atom. The number of nitrogens with one attached hydrogen (secondary N) is 2. The number of thiophene rings is 1. The molecular weight excluding hydrogens is 499 g/mol. The fraction of sp³-hybridized carbons (Fsp3) is 0.333. The minimum absolute atomic E-state index is 0. The van der Waals surface area contributed by atoms with Crippen LogP contribution < -0.4 is 15.4 Å². The second kappa shape index (κ2) is 10.6. The van der Waals surface area contributed by atoms with E-state index in [0.717, 1.165) is 54.8 Å². The largest absolute Gasteiger partial charge is 0.493 e. The summed E-state index contributed by atoms with van der Waals surface area (Å²) in [4.78, 5) is 10.2. The van der Waals surface area contributed by atoms with Gasteiger partial charge in [0.2, 0.25) is 5.89 Å². The zero-order chi connectivity index (χ0) is 19.2. The number of guanidine groups is 1. The number of benzene rings is 1. The molecule has 0 saturated carbocycles. The van der Waals surface area contributed by atoms with Gasteiger partial charge in [-0.3, -0.25) is 0 Å². The minimum atomic E-state index is 0. The SMILES string of the molecule is CCNC(=NCc1coc(-c2cccs2)n1)NCCc1ccc2c(c1)CCO2.I. The molecule has 3 heterocycles. The van der Waals surface area contributed by atoms with Crippen molar-refractivity contribution >= 4 is 41.3 Å². The van der Waals surface area contributed by atoms with Crippen molar-refractivity contribution in [2.24, 2.45) is 4.99 Å². The van der Waals surface area contributed by atoms with E-state index in [2.05, 4.69) is 45.7 Å². The van der Waals surface area contributed by atoms with E-state index >= 15 is 0 Å². The van der Waals surface area contributed by atoms with Crippen LogP contribution in [-0.4, -0.2) is 30.6 Å². The highest BCUT2D eigenvalue weighted by Crippen LogP contribution is 2.26. The van der Waals surface area contributed by atoms with Crippen LogP contribution in [-0.2, 0) is 19.4 Å². The number of aromatic nitrogens is 1. The number of nitrogens with zero attached hydrogens (tertiary/aromatic N) is 2.